The lowest BCUT2D eigenvalue weighted by molar-refractivity contribution is 0.338. The predicted molar refractivity (Wildman–Crippen MR) is 105 cm³/mol. The van der Waals surface area contributed by atoms with Gasteiger partial charge in [-0.2, -0.15) is 5.10 Å². The first kappa shape index (κ1) is 17.6. The number of nitrogens with zero attached hydrogens (tertiary/aromatic N) is 3. The second kappa shape index (κ2) is 7.82. The van der Waals surface area contributed by atoms with Crippen LogP contribution in [0, 0.1) is 0 Å². The normalized spacial score (nSPS) is 19.5. The highest BCUT2D eigenvalue weighted by atomic mass is 35.5. The Morgan fingerprint density at radius 2 is 2.23 bits per heavy atom. The van der Waals surface area contributed by atoms with Gasteiger partial charge in [-0.15, -0.1) is 5.10 Å². The summed E-state index contributed by atoms with van der Waals surface area (Å²) in [6.07, 6.45) is 6.11. The number of halogens is 2. The molecule has 1 N–H and O–H groups in total. The van der Waals surface area contributed by atoms with Crippen LogP contribution in [0.15, 0.2) is 36.0 Å². The van der Waals surface area contributed by atoms with Crippen LogP contribution in [0.1, 0.15) is 18.4 Å². The van der Waals surface area contributed by atoms with Gasteiger partial charge in [0.15, 0.2) is 5.82 Å². The van der Waals surface area contributed by atoms with Crippen molar-refractivity contribution in [3.63, 3.8) is 0 Å². The Bertz CT molecular complexity index is 813. The second-order valence-corrected chi connectivity index (χ2v) is 7.49. The molecule has 2 aromatic rings. The van der Waals surface area contributed by atoms with Crippen LogP contribution >= 0.6 is 23.2 Å². The molecule has 1 saturated heterocycles. The Hall–Kier alpha value is -1.82. The summed E-state index contributed by atoms with van der Waals surface area (Å²) in [6.45, 7) is 3.28. The van der Waals surface area contributed by atoms with Crippen LogP contribution in [0.25, 0.3) is 6.08 Å². The molecule has 0 bridgehead atoms. The molecule has 1 fully saturated rings. The lowest BCUT2D eigenvalue weighted by atomic mass is 10.0. The minimum atomic E-state index is 0.413. The van der Waals surface area contributed by atoms with E-state index >= 15 is 0 Å². The van der Waals surface area contributed by atoms with Crippen LogP contribution in [0.4, 0.5) is 5.82 Å². The van der Waals surface area contributed by atoms with Crippen LogP contribution in [-0.4, -0.2) is 42.5 Å². The van der Waals surface area contributed by atoms with E-state index in [0.717, 1.165) is 43.9 Å². The fourth-order valence-electron chi connectivity index (χ4n) is 3.46. The molecule has 1 aromatic carbocycles. The van der Waals surface area contributed by atoms with Crippen molar-refractivity contribution in [2.24, 2.45) is 0 Å². The zero-order valence-electron chi connectivity index (χ0n) is 14.3. The smallest absolute Gasteiger partial charge is 0.151 e. The number of nitrogens with one attached hydrogen (secondary N) is 1. The number of hydrogen-bond donors (Lipinski definition) is 1. The quantitative estimate of drug-likeness (QED) is 0.859. The molecule has 7 heteroatoms. The van der Waals surface area contributed by atoms with E-state index in [1.54, 1.807) is 12.3 Å². The highest BCUT2D eigenvalue weighted by molar-refractivity contribution is 6.36. The monoisotopic (exact) mass is 390 g/mol. The third kappa shape index (κ3) is 3.95. The molecule has 3 heterocycles. The number of hydrogen-bond acceptors (Lipinski definition) is 5. The molecular weight excluding hydrogens is 371 g/mol. The number of rotatable bonds is 4. The molecule has 0 radical (unpaired) electrons. The fraction of sp³-hybridized carbons (Fsp3) is 0.368. The summed E-state index contributed by atoms with van der Waals surface area (Å²) in [5.41, 5.74) is 2.13. The molecule has 0 saturated carbocycles. The molecule has 1 unspecified atom stereocenters. The number of aromatic nitrogens is 2. The second-order valence-electron chi connectivity index (χ2n) is 6.65. The van der Waals surface area contributed by atoms with Crippen LogP contribution in [-0.2, 0) is 0 Å². The Balaban J connectivity index is 1.39. The Kier molecular flexibility index (Phi) is 5.29. The van der Waals surface area contributed by atoms with Crippen molar-refractivity contribution in [3.05, 3.63) is 51.6 Å². The Morgan fingerprint density at radius 1 is 1.31 bits per heavy atom. The molecule has 4 rings (SSSR count). The molecule has 5 nitrogen and oxygen atoms in total. The van der Waals surface area contributed by atoms with E-state index in [2.05, 4.69) is 26.5 Å². The van der Waals surface area contributed by atoms with Gasteiger partial charge < -0.3 is 15.0 Å². The summed E-state index contributed by atoms with van der Waals surface area (Å²) >= 11 is 12.3. The van der Waals surface area contributed by atoms with E-state index in [1.165, 1.54) is 5.57 Å². The Labute approximate surface area is 163 Å². The summed E-state index contributed by atoms with van der Waals surface area (Å²) in [5.74, 6) is 1.66. The molecule has 136 valence electrons. The van der Waals surface area contributed by atoms with Crippen molar-refractivity contribution in [2.45, 2.75) is 18.9 Å². The van der Waals surface area contributed by atoms with Gasteiger partial charge in [0, 0.05) is 42.5 Å². The van der Waals surface area contributed by atoms with Crippen LogP contribution in [0.5, 0.6) is 5.75 Å². The maximum Gasteiger partial charge on any atom is 0.151 e. The van der Waals surface area contributed by atoms with Gasteiger partial charge in [0.25, 0.3) is 0 Å². The fourth-order valence-corrected chi connectivity index (χ4v) is 4.02. The van der Waals surface area contributed by atoms with Gasteiger partial charge in [-0.05, 0) is 48.8 Å². The zero-order chi connectivity index (χ0) is 17.9. The standard InChI is InChI=1S/C19H20Cl2N4O/c20-15-8-14-7-13(12-26-19(14)17(21)9-15)10-22-16-3-2-6-25(11-16)18-4-1-5-23-24-18/h1,4-5,7-9,16,22H,2-3,6,10-12H2. The van der Waals surface area contributed by atoms with Gasteiger partial charge in [-0.1, -0.05) is 23.2 Å². The van der Waals surface area contributed by atoms with E-state index in [0.29, 0.717) is 28.4 Å². The van der Waals surface area contributed by atoms with Gasteiger partial charge in [0.05, 0.1) is 5.02 Å². The van der Waals surface area contributed by atoms with Crippen molar-refractivity contribution in [2.75, 3.05) is 31.1 Å². The van der Waals surface area contributed by atoms with Gasteiger partial charge in [-0.3, -0.25) is 0 Å². The van der Waals surface area contributed by atoms with Crippen molar-refractivity contribution in [1.29, 1.82) is 0 Å². The molecule has 2 aliphatic heterocycles. The van der Waals surface area contributed by atoms with E-state index in [-0.39, 0.29) is 0 Å². The third-order valence-electron chi connectivity index (χ3n) is 4.72. The molecule has 1 atom stereocenters. The molecular formula is C19H20Cl2N4O. The average Bonchev–Trinajstić information content (AvgIpc) is 2.67. The molecule has 2 aliphatic rings. The minimum Gasteiger partial charge on any atom is -0.487 e. The third-order valence-corrected chi connectivity index (χ3v) is 5.22. The van der Waals surface area contributed by atoms with Crippen molar-refractivity contribution >= 4 is 35.1 Å². The lowest BCUT2D eigenvalue weighted by Crippen LogP contribution is -2.46. The highest BCUT2D eigenvalue weighted by Crippen LogP contribution is 2.36. The van der Waals surface area contributed by atoms with Crippen LogP contribution < -0.4 is 15.0 Å². The summed E-state index contributed by atoms with van der Waals surface area (Å²) in [5, 5.41) is 13.0. The summed E-state index contributed by atoms with van der Waals surface area (Å²) < 4.78 is 5.82. The zero-order valence-corrected chi connectivity index (χ0v) is 15.8. The first-order valence-electron chi connectivity index (χ1n) is 8.76. The van der Waals surface area contributed by atoms with E-state index in [4.69, 9.17) is 27.9 Å². The molecule has 1 aromatic heterocycles. The summed E-state index contributed by atoms with van der Waals surface area (Å²) in [7, 11) is 0. The maximum absolute atomic E-state index is 6.20. The van der Waals surface area contributed by atoms with Crippen LogP contribution in [0.3, 0.4) is 0 Å². The maximum atomic E-state index is 6.20. The molecule has 0 aliphatic carbocycles. The molecule has 0 amide bonds. The molecule has 26 heavy (non-hydrogen) atoms. The summed E-state index contributed by atoms with van der Waals surface area (Å²) in [6, 6.07) is 7.95. The van der Waals surface area contributed by atoms with Crippen molar-refractivity contribution in [1.82, 2.24) is 15.5 Å². The Morgan fingerprint density at radius 3 is 3.08 bits per heavy atom. The van der Waals surface area contributed by atoms with Gasteiger partial charge in [0.2, 0.25) is 0 Å². The number of benzene rings is 1. The number of piperidine rings is 1. The van der Waals surface area contributed by atoms with E-state index in [9.17, 15) is 0 Å². The average molecular weight is 391 g/mol. The highest BCUT2D eigenvalue weighted by Gasteiger charge is 2.22. The van der Waals surface area contributed by atoms with Gasteiger partial charge >= 0.3 is 0 Å². The van der Waals surface area contributed by atoms with Gasteiger partial charge in [-0.25, -0.2) is 0 Å². The minimum absolute atomic E-state index is 0.413. The largest absolute Gasteiger partial charge is 0.487 e. The number of fused-ring (bicyclic) bond motifs is 1. The molecule has 0 spiro atoms. The summed E-state index contributed by atoms with van der Waals surface area (Å²) in [4.78, 5) is 2.29. The lowest BCUT2D eigenvalue weighted by Gasteiger charge is -2.34. The topological polar surface area (TPSA) is 50.3 Å². The number of anilines is 1. The first-order chi connectivity index (χ1) is 12.7. The predicted octanol–water partition coefficient (Wildman–Crippen LogP) is 3.82. The van der Waals surface area contributed by atoms with Crippen LogP contribution in [0.2, 0.25) is 10.0 Å². The van der Waals surface area contributed by atoms with E-state index in [1.807, 2.05) is 18.2 Å². The van der Waals surface area contributed by atoms with E-state index < -0.39 is 0 Å². The first-order valence-corrected chi connectivity index (χ1v) is 9.52. The van der Waals surface area contributed by atoms with Gasteiger partial charge in [0.1, 0.15) is 12.4 Å². The number of ether oxygens (including phenoxy) is 1. The van der Waals surface area contributed by atoms with Crippen molar-refractivity contribution < 1.29 is 4.74 Å². The SMILES string of the molecule is Clc1cc(Cl)c2c(c1)C=C(CNC1CCCN(c3cccnn3)C1)CO2. The van der Waals surface area contributed by atoms with Crippen molar-refractivity contribution in [3.8, 4) is 5.75 Å².